The van der Waals surface area contributed by atoms with Crippen molar-refractivity contribution in [3.8, 4) is 6.07 Å². The molecule has 0 heterocycles. The fourth-order valence-corrected chi connectivity index (χ4v) is 3.06. The Morgan fingerprint density at radius 2 is 1.94 bits per heavy atom. The second kappa shape index (κ2) is 5.76. The summed E-state index contributed by atoms with van der Waals surface area (Å²) in [5.41, 5.74) is 1.24. The minimum absolute atomic E-state index is 0.471. The molecular formula is C14H15Cl2N. The van der Waals surface area contributed by atoms with E-state index in [1.165, 1.54) is 18.4 Å². The summed E-state index contributed by atoms with van der Waals surface area (Å²) in [6.07, 6.45) is 5.44. The highest BCUT2D eigenvalue weighted by atomic mass is 35.5. The van der Waals surface area contributed by atoms with Gasteiger partial charge in [0.2, 0.25) is 0 Å². The van der Waals surface area contributed by atoms with Gasteiger partial charge in [-0.25, -0.2) is 0 Å². The van der Waals surface area contributed by atoms with Crippen LogP contribution in [0.5, 0.6) is 0 Å². The van der Waals surface area contributed by atoms with Gasteiger partial charge >= 0.3 is 0 Å². The van der Waals surface area contributed by atoms with Crippen molar-refractivity contribution in [3.63, 3.8) is 0 Å². The quantitative estimate of drug-likeness (QED) is 0.724. The van der Waals surface area contributed by atoms with Crippen LogP contribution >= 0.6 is 23.2 Å². The van der Waals surface area contributed by atoms with Crippen LogP contribution in [-0.4, -0.2) is 0 Å². The molecule has 1 saturated carbocycles. The Morgan fingerprint density at radius 3 is 2.65 bits per heavy atom. The molecule has 17 heavy (non-hydrogen) atoms. The highest BCUT2D eigenvalue weighted by Crippen LogP contribution is 2.40. The molecule has 1 fully saturated rings. The predicted molar refractivity (Wildman–Crippen MR) is 71.4 cm³/mol. The van der Waals surface area contributed by atoms with Crippen LogP contribution in [-0.2, 0) is 0 Å². The van der Waals surface area contributed by atoms with Crippen molar-refractivity contribution in [2.45, 2.75) is 38.0 Å². The molecular weight excluding hydrogens is 253 g/mol. The molecule has 0 bridgehead atoms. The molecule has 0 radical (unpaired) electrons. The topological polar surface area (TPSA) is 23.8 Å². The van der Waals surface area contributed by atoms with Gasteiger partial charge in [-0.1, -0.05) is 42.1 Å². The third-order valence-corrected chi connectivity index (χ3v) is 4.37. The van der Waals surface area contributed by atoms with Crippen LogP contribution in [0, 0.1) is 17.2 Å². The Morgan fingerprint density at radius 1 is 1.18 bits per heavy atom. The number of hydrogen-bond acceptors (Lipinski definition) is 1. The predicted octanol–water partition coefficient (Wildman–Crippen LogP) is 5.18. The maximum atomic E-state index is 8.88. The fraction of sp³-hybridized carbons (Fsp3) is 0.500. The van der Waals surface area contributed by atoms with Crippen molar-refractivity contribution in [2.75, 3.05) is 0 Å². The van der Waals surface area contributed by atoms with E-state index in [-0.39, 0.29) is 0 Å². The van der Waals surface area contributed by atoms with Crippen LogP contribution in [0.1, 0.15) is 43.6 Å². The normalized spacial score (nSPS) is 24.3. The largest absolute Gasteiger partial charge is 0.198 e. The van der Waals surface area contributed by atoms with Gasteiger partial charge in [-0.15, -0.1) is 0 Å². The van der Waals surface area contributed by atoms with Crippen LogP contribution in [0.15, 0.2) is 18.2 Å². The van der Waals surface area contributed by atoms with E-state index in [0.717, 1.165) is 12.8 Å². The lowest BCUT2D eigenvalue weighted by atomic mass is 9.74. The van der Waals surface area contributed by atoms with Crippen molar-refractivity contribution < 1.29 is 0 Å². The molecule has 2 atom stereocenters. The Balaban J connectivity index is 2.23. The SMILES string of the molecule is N#CCC1CCCCC1c1ccc(Cl)c(Cl)c1. The zero-order chi connectivity index (χ0) is 12.3. The summed E-state index contributed by atoms with van der Waals surface area (Å²) in [4.78, 5) is 0. The summed E-state index contributed by atoms with van der Waals surface area (Å²) in [6, 6.07) is 8.18. The standard InChI is InChI=1S/C14H15Cl2N/c15-13-6-5-11(9-14(13)16)12-4-2-1-3-10(12)7-8-17/h5-6,9-10,12H,1-4,7H2. The minimum Gasteiger partial charge on any atom is -0.198 e. The molecule has 1 aliphatic rings. The average Bonchev–Trinajstić information content (AvgIpc) is 2.34. The molecule has 2 unspecified atom stereocenters. The van der Waals surface area contributed by atoms with Gasteiger partial charge in [0.1, 0.15) is 0 Å². The fourth-order valence-electron chi connectivity index (χ4n) is 2.75. The number of benzene rings is 1. The lowest BCUT2D eigenvalue weighted by molar-refractivity contribution is 0.312. The Kier molecular flexibility index (Phi) is 4.31. The van der Waals surface area contributed by atoms with Crippen LogP contribution in [0.25, 0.3) is 0 Å². The molecule has 1 aromatic rings. The van der Waals surface area contributed by atoms with E-state index in [1.807, 2.05) is 12.1 Å². The first-order valence-corrected chi connectivity index (χ1v) is 6.80. The highest BCUT2D eigenvalue weighted by molar-refractivity contribution is 6.42. The molecule has 1 aliphatic carbocycles. The molecule has 0 saturated heterocycles. The number of hydrogen-bond donors (Lipinski definition) is 0. The summed E-state index contributed by atoms with van der Waals surface area (Å²) in [7, 11) is 0. The van der Waals surface area contributed by atoms with E-state index in [2.05, 4.69) is 12.1 Å². The molecule has 1 aromatic carbocycles. The summed E-state index contributed by atoms with van der Waals surface area (Å²) in [5.74, 6) is 0.948. The summed E-state index contributed by atoms with van der Waals surface area (Å²) in [6.45, 7) is 0. The lowest BCUT2D eigenvalue weighted by Crippen LogP contribution is -2.17. The molecule has 0 N–H and O–H groups in total. The van der Waals surface area contributed by atoms with Crippen LogP contribution in [0.2, 0.25) is 10.0 Å². The molecule has 0 aromatic heterocycles. The first-order valence-electron chi connectivity index (χ1n) is 6.04. The van der Waals surface area contributed by atoms with E-state index < -0.39 is 0 Å². The average molecular weight is 268 g/mol. The van der Waals surface area contributed by atoms with Crippen molar-refractivity contribution in [3.05, 3.63) is 33.8 Å². The summed E-state index contributed by atoms with van der Waals surface area (Å²) in [5, 5.41) is 10.1. The van der Waals surface area contributed by atoms with E-state index >= 15 is 0 Å². The van der Waals surface area contributed by atoms with Crippen molar-refractivity contribution in [1.82, 2.24) is 0 Å². The maximum Gasteiger partial charge on any atom is 0.0624 e. The van der Waals surface area contributed by atoms with Crippen molar-refractivity contribution in [1.29, 1.82) is 5.26 Å². The number of rotatable bonds is 2. The van der Waals surface area contributed by atoms with Gasteiger partial charge in [-0.05, 0) is 42.4 Å². The second-order valence-electron chi connectivity index (χ2n) is 4.69. The second-order valence-corrected chi connectivity index (χ2v) is 5.50. The lowest BCUT2D eigenvalue weighted by Gasteiger charge is -2.30. The Hall–Kier alpha value is -0.710. The zero-order valence-electron chi connectivity index (χ0n) is 9.63. The maximum absolute atomic E-state index is 8.88. The Bertz CT molecular complexity index is 436. The van der Waals surface area contributed by atoms with Gasteiger partial charge < -0.3 is 0 Å². The van der Waals surface area contributed by atoms with Crippen LogP contribution in [0.3, 0.4) is 0 Å². The monoisotopic (exact) mass is 267 g/mol. The number of nitriles is 1. The van der Waals surface area contributed by atoms with Gasteiger partial charge in [-0.3, -0.25) is 0 Å². The summed E-state index contributed by atoms with van der Waals surface area (Å²) < 4.78 is 0. The van der Waals surface area contributed by atoms with E-state index in [9.17, 15) is 0 Å². The van der Waals surface area contributed by atoms with Gasteiger partial charge in [-0.2, -0.15) is 5.26 Å². The zero-order valence-corrected chi connectivity index (χ0v) is 11.1. The van der Waals surface area contributed by atoms with E-state index in [0.29, 0.717) is 28.3 Å². The molecule has 0 amide bonds. The van der Waals surface area contributed by atoms with Crippen molar-refractivity contribution >= 4 is 23.2 Å². The van der Waals surface area contributed by atoms with Gasteiger partial charge in [0.05, 0.1) is 16.1 Å². The first-order chi connectivity index (χ1) is 8.22. The van der Waals surface area contributed by atoms with Crippen LogP contribution < -0.4 is 0 Å². The van der Waals surface area contributed by atoms with Gasteiger partial charge in [0.15, 0.2) is 0 Å². The van der Waals surface area contributed by atoms with Crippen LogP contribution in [0.4, 0.5) is 0 Å². The van der Waals surface area contributed by atoms with E-state index in [1.54, 1.807) is 0 Å². The van der Waals surface area contributed by atoms with Gasteiger partial charge in [0, 0.05) is 6.42 Å². The number of halogens is 2. The molecule has 0 aliphatic heterocycles. The van der Waals surface area contributed by atoms with Crippen molar-refractivity contribution in [2.24, 2.45) is 5.92 Å². The molecule has 3 heteroatoms. The minimum atomic E-state index is 0.471. The molecule has 90 valence electrons. The Labute approximate surface area is 112 Å². The highest BCUT2D eigenvalue weighted by Gasteiger charge is 2.26. The molecule has 1 nitrogen and oxygen atoms in total. The van der Waals surface area contributed by atoms with E-state index in [4.69, 9.17) is 28.5 Å². The summed E-state index contributed by atoms with van der Waals surface area (Å²) >= 11 is 12.0. The molecule has 0 spiro atoms. The first kappa shape index (κ1) is 12.7. The third kappa shape index (κ3) is 2.94. The molecule has 2 rings (SSSR count). The number of nitrogens with zero attached hydrogens (tertiary/aromatic N) is 1. The smallest absolute Gasteiger partial charge is 0.0624 e. The van der Waals surface area contributed by atoms with Gasteiger partial charge in [0.25, 0.3) is 0 Å². The third-order valence-electron chi connectivity index (χ3n) is 3.63.